The van der Waals surface area contributed by atoms with Crippen molar-refractivity contribution in [2.24, 2.45) is 11.8 Å². The van der Waals surface area contributed by atoms with Gasteiger partial charge in [-0.25, -0.2) is 0 Å². The zero-order valence-electron chi connectivity index (χ0n) is 10.5. The van der Waals surface area contributed by atoms with E-state index in [9.17, 15) is 0 Å². The number of hydrogen-bond acceptors (Lipinski definition) is 2. The third-order valence-corrected chi connectivity index (χ3v) is 2.66. The monoisotopic (exact) mass is 201 g/mol. The topological polar surface area (TPSA) is 21.3 Å². The predicted octanol–water partition coefficient (Wildman–Crippen LogP) is 2.68. The molecule has 2 atom stereocenters. The lowest BCUT2D eigenvalue weighted by Gasteiger charge is -2.21. The summed E-state index contributed by atoms with van der Waals surface area (Å²) in [6, 6.07) is 0.490. The summed E-state index contributed by atoms with van der Waals surface area (Å²) < 4.78 is 5.70. The molecule has 0 aromatic heterocycles. The molecular weight excluding hydrogens is 174 g/mol. The van der Waals surface area contributed by atoms with Crippen LogP contribution in [-0.2, 0) is 4.74 Å². The van der Waals surface area contributed by atoms with Crippen LogP contribution in [0, 0.1) is 11.8 Å². The van der Waals surface area contributed by atoms with Crippen molar-refractivity contribution in [1.82, 2.24) is 5.32 Å². The fraction of sp³-hybridized carbons (Fsp3) is 1.00. The van der Waals surface area contributed by atoms with Crippen LogP contribution in [0.3, 0.4) is 0 Å². The van der Waals surface area contributed by atoms with Crippen LogP contribution >= 0.6 is 0 Å². The van der Waals surface area contributed by atoms with Crippen LogP contribution in [0.25, 0.3) is 0 Å². The summed E-state index contributed by atoms with van der Waals surface area (Å²) in [7, 11) is 2.00. The van der Waals surface area contributed by atoms with Gasteiger partial charge >= 0.3 is 0 Å². The van der Waals surface area contributed by atoms with Crippen molar-refractivity contribution in [3.05, 3.63) is 0 Å². The number of likely N-dealkylation sites (N-methyl/N-ethyl adjacent to an activating group) is 1. The van der Waals surface area contributed by atoms with Gasteiger partial charge in [0.25, 0.3) is 0 Å². The standard InChI is InChI=1S/C12H27NO/c1-6-7-11(4)8-14-9-12(13-5)10(2)3/h10-13H,6-9H2,1-5H3. The average Bonchev–Trinajstić information content (AvgIpc) is 2.12. The van der Waals surface area contributed by atoms with E-state index >= 15 is 0 Å². The van der Waals surface area contributed by atoms with E-state index in [2.05, 4.69) is 33.0 Å². The van der Waals surface area contributed by atoms with Gasteiger partial charge in [0.2, 0.25) is 0 Å². The van der Waals surface area contributed by atoms with Crippen LogP contribution in [0.15, 0.2) is 0 Å². The maximum atomic E-state index is 5.70. The molecule has 0 aliphatic carbocycles. The molecule has 0 heterocycles. The van der Waals surface area contributed by atoms with Gasteiger partial charge in [-0.2, -0.15) is 0 Å². The lowest BCUT2D eigenvalue weighted by Crippen LogP contribution is -2.35. The molecule has 0 bridgehead atoms. The lowest BCUT2D eigenvalue weighted by atomic mass is 10.1. The smallest absolute Gasteiger partial charge is 0.0622 e. The van der Waals surface area contributed by atoms with E-state index in [-0.39, 0.29) is 0 Å². The van der Waals surface area contributed by atoms with Crippen molar-refractivity contribution in [3.8, 4) is 0 Å². The van der Waals surface area contributed by atoms with Crippen molar-refractivity contribution >= 4 is 0 Å². The second kappa shape index (κ2) is 8.25. The average molecular weight is 201 g/mol. The second-order valence-electron chi connectivity index (χ2n) is 4.57. The van der Waals surface area contributed by atoms with Crippen molar-refractivity contribution in [3.63, 3.8) is 0 Å². The van der Waals surface area contributed by atoms with Gasteiger partial charge < -0.3 is 10.1 Å². The third-order valence-electron chi connectivity index (χ3n) is 2.66. The Bertz CT molecular complexity index is 125. The Labute approximate surface area is 89.4 Å². The van der Waals surface area contributed by atoms with Gasteiger partial charge in [0, 0.05) is 12.6 Å². The van der Waals surface area contributed by atoms with E-state index < -0.39 is 0 Å². The summed E-state index contributed by atoms with van der Waals surface area (Å²) >= 11 is 0. The highest BCUT2D eigenvalue weighted by atomic mass is 16.5. The van der Waals surface area contributed by atoms with Gasteiger partial charge in [0.05, 0.1) is 6.61 Å². The van der Waals surface area contributed by atoms with Crippen LogP contribution in [0.2, 0.25) is 0 Å². The molecule has 0 saturated carbocycles. The fourth-order valence-electron chi connectivity index (χ4n) is 1.58. The van der Waals surface area contributed by atoms with Crippen molar-refractivity contribution in [1.29, 1.82) is 0 Å². The molecule has 0 aromatic carbocycles. The SMILES string of the molecule is CCCC(C)COCC(NC)C(C)C. The summed E-state index contributed by atoms with van der Waals surface area (Å²) in [5.74, 6) is 1.34. The molecule has 86 valence electrons. The first kappa shape index (κ1) is 13.9. The molecule has 0 fully saturated rings. The fourth-order valence-corrected chi connectivity index (χ4v) is 1.58. The Hall–Kier alpha value is -0.0800. The van der Waals surface area contributed by atoms with Gasteiger partial charge in [0.15, 0.2) is 0 Å². The molecule has 0 aliphatic heterocycles. The van der Waals surface area contributed by atoms with Gasteiger partial charge in [-0.15, -0.1) is 0 Å². The molecule has 14 heavy (non-hydrogen) atoms. The van der Waals surface area contributed by atoms with Crippen LogP contribution in [0.5, 0.6) is 0 Å². The summed E-state index contributed by atoms with van der Waals surface area (Å²) in [5.41, 5.74) is 0. The lowest BCUT2D eigenvalue weighted by molar-refractivity contribution is 0.0750. The van der Waals surface area contributed by atoms with Crippen LogP contribution in [-0.4, -0.2) is 26.3 Å². The Morgan fingerprint density at radius 1 is 1.14 bits per heavy atom. The predicted molar refractivity (Wildman–Crippen MR) is 62.6 cm³/mol. The summed E-state index contributed by atoms with van der Waals surface area (Å²) in [5, 5.41) is 3.28. The van der Waals surface area contributed by atoms with E-state index in [0.717, 1.165) is 13.2 Å². The largest absolute Gasteiger partial charge is 0.380 e. The Morgan fingerprint density at radius 3 is 2.21 bits per heavy atom. The van der Waals surface area contributed by atoms with E-state index in [0.29, 0.717) is 17.9 Å². The molecule has 0 aromatic rings. The van der Waals surface area contributed by atoms with Gasteiger partial charge in [-0.3, -0.25) is 0 Å². The maximum Gasteiger partial charge on any atom is 0.0622 e. The minimum absolute atomic E-state index is 0.490. The Kier molecular flexibility index (Phi) is 8.20. The van der Waals surface area contributed by atoms with Gasteiger partial charge in [0.1, 0.15) is 0 Å². The zero-order chi connectivity index (χ0) is 11.0. The van der Waals surface area contributed by atoms with E-state index in [1.54, 1.807) is 0 Å². The highest BCUT2D eigenvalue weighted by molar-refractivity contribution is 4.67. The number of hydrogen-bond donors (Lipinski definition) is 1. The number of ether oxygens (including phenoxy) is 1. The van der Waals surface area contributed by atoms with Crippen LogP contribution in [0.4, 0.5) is 0 Å². The van der Waals surface area contributed by atoms with Crippen molar-refractivity contribution in [2.45, 2.75) is 46.6 Å². The number of rotatable bonds is 8. The van der Waals surface area contributed by atoms with E-state index in [1.165, 1.54) is 12.8 Å². The molecule has 0 radical (unpaired) electrons. The van der Waals surface area contributed by atoms with Crippen LogP contribution < -0.4 is 5.32 Å². The summed E-state index contributed by atoms with van der Waals surface area (Å²) in [6.07, 6.45) is 2.52. The first-order valence-corrected chi connectivity index (χ1v) is 5.86. The van der Waals surface area contributed by atoms with Gasteiger partial charge in [-0.05, 0) is 25.3 Å². The van der Waals surface area contributed by atoms with Crippen molar-refractivity contribution < 1.29 is 4.74 Å². The Morgan fingerprint density at radius 2 is 1.79 bits per heavy atom. The minimum atomic E-state index is 0.490. The minimum Gasteiger partial charge on any atom is -0.380 e. The number of nitrogens with one attached hydrogen (secondary N) is 1. The quantitative estimate of drug-likeness (QED) is 0.652. The molecule has 2 heteroatoms. The molecule has 1 N–H and O–H groups in total. The van der Waals surface area contributed by atoms with E-state index in [1.807, 2.05) is 7.05 Å². The highest BCUT2D eigenvalue weighted by Gasteiger charge is 2.11. The highest BCUT2D eigenvalue weighted by Crippen LogP contribution is 2.07. The normalized spacial score (nSPS) is 15.9. The maximum absolute atomic E-state index is 5.70. The first-order valence-electron chi connectivity index (χ1n) is 5.86. The summed E-state index contributed by atoms with van der Waals surface area (Å²) in [4.78, 5) is 0. The molecule has 0 aliphatic rings. The molecule has 0 spiro atoms. The Balaban J connectivity index is 3.50. The second-order valence-corrected chi connectivity index (χ2v) is 4.57. The van der Waals surface area contributed by atoms with E-state index in [4.69, 9.17) is 4.74 Å². The molecule has 0 amide bonds. The zero-order valence-corrected chi connectivity index (χ0v) is 10.5. The third kappa shape index (κ3) is 6.39. The van der Waals surface area contributed by atoms with Crippen molar-refractivity contribution in [2.75, 3.05) is 20.3 Å². The first-order chi connectivity index (χ1) is 6.61. The van der Waals surface area contributed by atoms with Gasteiger partial charge in [-0.1, -0.05) is 34.1 Å². The molecular formula is C12H27NO. The molecule has 2 nitrogen and oxygen atoms in total. The molecule has 0 saturated heterocycles. The summed E-state index contributed by atoms with van der Waals surface area (Å²) in [6.45, 7) is 10.7. The van der Waals surface area contributed by atoms with Crippen LogP contribution in [0.1, 0.15) is 40.5 Å². The molecule has 2 unspecified atom stereocenters. The molecule has 0 rings (SSSR count).